The van der Waals surface area contributed by atoms with E-state index in [-0.39, 0.29) is 18.4 Å². The molecule has 7 nitrogen and oxygen atoms in total. The lowest BCUT2D eigenvalue weighted by atomic mass is 10.2. The lowest BCUT2D eigenvalue weighted by Gasteiger charge is -2.12. The van der Waals surface area contributed by atoms with Crippen molar-refractivity contribution in [2.45, 2.75) is 45.1 Å². The fourth-order valence-corrected chi connectivity index (χ4v) is 3.00. The molecule has 0 bridgehead atoms. The number of amides is 2. The Labute approximate surface area is 169 Å². The molecular weight excluding hydrogens is 372 g/mol. The van der Waals surface area contributed by atoms with Gasteiger partial charge in [0, 0.05) is 31.4 Å². The molecule has 2 heterocycles. The summed E-state index contributed by atoms with van der Waals surface area (Å²) in [7, 11) is 0. The molecule has 0 aliphatic carbocycles. The minimum absolute atomic E-state index is 0.0734. The second-order valence-electron chi connectivity index (χ2n) is 6.86. The molecule has 1 aromatic carbocycles. The van der Waals surface area contributed by atoms with Gasteiger partial charge >= 0.3 is 5.97 Å². The molecule has 0 N–H and O–H groups in total. The number of carbonyl (C=O) groups is 3. The zero-order valence-corrected chi connectivity index (χ0v) is 16.3. The van der Waals surface area contributed by atoms with Crippen molar-refractivity contribution in [1.82, 2.24) is 5.06 Å². The molecule has 2 aromatic rings. The number of ether oxygens (including phenoxy) is 1. The Hall–Kier alpha value is -3.22. The first-order chi connectivity index (χ1) is 14.1. The number of unbranched alkanes of at least 4 members (excludes halogenated alkanes) is 3. The molecule has 0 radical (unpaired) electrons. The zero-order valence-electron chi connectivity index (χ0n) is 16.3. The highest BCUT2D eigenvalue weighted by atomic mass is 16.7. The Bertz CT molecular complexity index is 820. The van der Waals surface area contributed by atoms with Crippen LogP contribution in [0.4, 0.5) is 0 Å². The highest BCUT2D eigenvalue weighted by Gasteiger charge is 2.33. The minimum atomic E-state index is -0.739. The van der Waals surface area contributed by atoms with Crippen molar-refractivity contribution < 1.29 is 28.5 Å². The van der Waals surface area contributed by atoms with Gasteiger partial charge in [0.1, 0.15) is 12.3 Å². The quantitative estimate of drug-likeness (QED) is 0.350. The topological polar surface area (TPSA) is 76.8 Å². The zero-order chi connectivity index (χ0) is 20.5. The molecule has 152 valence electrons. The third-order valence-corrected chi connectivity index (χ3v) is 4.63. The molecule has 0 spiro atoms. The molecule has 2 amide bonds. The van der Waals surface area contributed by atoms with Crippen molar-refractivity contribution in [3.05, 3.63) is 60.4 Å². The number of pyridine rings is 1. The molecule has 1 saturated heterocycles. The predicted molar refractivity (Wildman–Crippen MR) is 104 cm³/mol. The van der Waals surface area contributed by atoms with Crippen molar-refractivity contribution >= 4 is 17.8 Å². The van der Waals surface area contributed by atoms with Gasteiger partial charge in [-0.1, -0.05) is 6.07 Å². The van der Waals surface area contributed by atoms with Gasteiger partial charge in [-0.05, 0) is 43.5 Å². The van der Waals surface area contributed by atoms with Gasteiger partial charge in [0.15, 0.2) is 12.4 Å². The Morgan fingerprint density at radius 2 is 1.55 bits per heavy atom. The van der Waals surface area contributed by atoms with E-state index in [0.29, 0.717) is 17.4 Å². The molecule has 0 atom stereocenters. The van der Waals surface area contributed by atoms with Crippen molar-refractivity contribution in [2.24, 2.45) is 0 Å². The SMILES string of the molecule is O=C(ON1C(=O)CCC1=O)c1ccc(OCCCCCC[n+]2ccccc2)cc1. The van der Waals surface area contributed by atoms with Gasteiger partial charge in [0.25, 0.3) is 11.8 Å². The van der Waals surface area contributed by atoms with Crippen LogP contribution >= 0.6 is 0 Å². The van der Waals surface area contributed by atoms with Crippen LogP contribution in [-0.2, 0) is 21.0 Å². The van der Waals surface area contributed by atoms with Crippen LogP contribution in [0.5, 0.6) is 5.75 Å². The number of aromatic nitrogens is 1. The number of benzene rings is 1. The first kappa shape index (κ1) is 20.5. The Morgan fingerprint density at radius 1 is 0.897 bits per heavy atom. The second-order valence-corrected chi connectivity index (χ2v) is 6.86. The van der Waals surface area contributed by atoms with E-state index in [1.807, 2.05) is 18.2 Å². The fourth-order valence-electron chi connectivity index (χ4n) is 3.00. The molecule has 7 heteroatoms. The summed E-state index contributed by atoms with van der Waals surface area (Å²) in [6, 6.07) is 12.5. The average molecular weight is 397 g/mol. The summed E-state index contributed by atoms with van der Waals surface area (Å²) in [6.07, 6.45) is 8.62. The molecule has 1 aliphatic heterocycles. The van der Waals surface area contributed by atoms with Gasteiger partial charge < -0.3 is 9.57 Å². The van der Waals surface area contributed by atoms with Crippen LogP contribution < -0.4 is 9.30 Å². The number of hydrogen-bond donors (Lipinski definition) is 0. The number of hydroxylamine groups is 2. The summed E-state index contributed by atoms with van der Waals surface area (Å²) in [6.45, 7) is 1.63. The van der Waals surface area contributed by atoms with E-state index >= 15 is 0 Å². The van der Waals surface area contributed by atoms with Crippen LogP contribution in [0.1, 0.15) is 48.9 Å². The highest BCUT2D eigenvalue weighted by Crippen LogP contribution is 2.17. The maximum absolute atomic E-state index is 12.1. The molecule has 1 aliphatic rings. The lowest BCUT2D eigenvalue weighted by molar-refractivity contribution is -0.697. The molecule has 0 saturated carbocycles. The monoisotopic (exact) mass is 397 g/mol. The first-order valence-electron chi connectivity index (χ1n) is 9.88. The Balaban J connectivity index is 1.32. The van der Waals surface area contributed by atoms with E-state index in [9.17, 15) is 14.4 Å². The van der Waals surface area contributed by atoms with Gasteiger partial charge in [0.05, 0.1) is 12.2 Å². The van der Waals surface area contributed by atoms with Crippen molar-refractivity contribution in [3.63, 3.8) is 0 Å². The lowest BCUT2D eigenvalue weighted by Crippen LogP contribution is -2.32. The summed E-state index contributed by atoms with van der Waals surface area (Å²) in [5.74, 6) is -1.07. The third kappa shape index (κ3) is 6.14. The summed E-state index contributed by atoms with van der Waals surface area (Å²) in [5.41, 5.74) is 0.253. The van der Waals surface area contributed by atoms with Crippen molar-refractivity contribution in [3.8, 4) is 5.75 Å². The minimum Gasteiger partial charge on any atom is -0.494 e. The third-order valence-electron chi connectivity index (χ3n) is 4.63. The van der Waals surface area contributed by atoms with Crippen LogP contribution in [0, 0.1) is 0 Å². The molecule has 0 unspecified atom stereocenters. The second kappa shape index (κ2) is 10.4. The highest BCUT2D eigenvalue weighted by molar-refractivity contribution is 6.02. The van der Waals surface area contributed by atoms with Crippen LogP contribution in [-0.4, -0.2) is 29.5 Å². The van der Waals surface area contributed by atoms with Crippen molar-refractivity contribution in [1.29, 1.82) is 0 Å². The first-order valence-corrected chi connectivity index (χ1v) is 9.88. The molecule has 1 aromatic heterocycles. The van der Waals surface area contributed by atoms with Gasteiger partial charge in [-0.25, -0.2) is 9.36 Å². The summed E-state index contributed by atoms with van der Waals surface area (Å²) in [5, 5.41) is 0.545. The van der Waals surface area contributed by atoms with Gasteiger partial charge in [0.2, 0.25) is 0 Å². The predicted octanol–water partition coefficient (Wildman–Crippen LogP) is 2.83. The van der Waals surface area contributed by atoms with Gasteiger partial charge in [-0.15, -0.1) is 5.06 Å². The summed E-state index contributed by atoms with van der Waals surface area (Å²) < 4.78 is 7.88. The smallest absolute Gasteiger partial charge is 0.363 e. The fraction of sp³-hybridized carbons (Fsp3) is 0.364. The van der Waals surface area contributed by atoms with E-state index in [1.165, 1.54) is 0 Å². The van der Waals surface area contributed by atoms with Gasteiger partial charge in [-0.2, -0.15) is 0 Å². The van der Waals surface area contributed by atoms with Crippen LogP contribution in [0.3, 0.4) is 0 Å². The number of carbonyl (C=O) groups excluding carboxylic acids is 3. The van der Waals surface area contributed by atoms with E-state index in [1.54, 1.807) is 24.3 Å². The van der Waals surface area contributed by atoms with E-state index < -0.39 is 17.8 Å². The van der Waals surface area contributed by atoms with Crippen molar-refractivity contribution in [2.75, 3.05) is 6.61 Å². The van der Waals surface area contributed by atoms with E-state index in [2.05, 4.69) is 17.0 Å². The maximum atomic E-state index is 12.1. The molecule has 29 heavy (non-hydrogen) atoms. The van der Waals surface area contributed by atoms with E-state index in [4.69, 9.17) is 9.57 Å². The maximum Gasteiger partial charge on any atom is 0.363 e. The molecule has 1 fully saturated rings. The standard InChI is InChI=1S/C22H25N2O5/c25-20-12-13-21(26)24(20)29-22(27)18-8-10-19(11-9-18)28-17-7-2-1-4-14-23-15-5-3-6-16-23/h3,5-6,8-11,15-16H,1-2,4,7,12-14,17H2/q+1. The Morgan fingerprint density at radius 3 is 2.24 bits per heavy atom. The Kier molecular flexibility index (Phi) is 7.33. The van der Waals surface area contributed by atoms with Gasteiger partial charge in [-0.3, -0.25) is 9.59 Å². The molecule has 3 rings (SSSR count). The number of rotatable bonds is 10. The van der Waals surface area contributed by atoms with Crippen LogP contribution in [0.15, 0.2) is 54.9 Å². The largest absolute Gasteiger partial charge is 0.494 e. The van der Waals surface area contributed by atoms with E-state index in [0.717, 1.165) is 32.2 Å². The number of nitrogens with zero attached hydrogens (tertiary/aromatic N) is 2. The van der Waals surface area contributed by atoms with Crippen LogP contribution in [0.25, 0.3) is 0 Å². The number of aryl methyl sites for hydroxylation is 1. The normalized spacial score (nSPS) is 13.6. The average Bonchev–Trinajstić information content (AvgIpc) is 3.06. The summed E-state index contributed by atoms with van der Waals surface area (Å²) in [4.78, 5) is 39.9. The molecular formula is C22H25N2O5+. The number of hydrogen-bond acceptors (Lipinski definition) is 5. The van der Waals surface area contributed by atoms with Crippen LogP contribution in [0.2, 0.25) is 0 Å². The summed E-state index contributed by atoms with van der Waals surface area (Å²) >= 11 is 0. The number of imide groups is 1.